The summed E-state index contributed by atoms with van der Waals surface area (Å²) in [5.41, 5.74) is 2.57. The normalized spacial score (nSPS) is 11.2. The second kappa shape index (κ2) is 3.83. The smallest absolute Gasteiger partial charge is 0.295 e. The minimum absolute atomic E-state index is 0.0400. The van der Waals surface area contributed by atoms with Crippen molar-refractivity contribution in [2.45, 2.75) is 6.54 Å². The standard InChI is InChI=1S/C12H13N5O/c1-15-7-9(13-14-15)8-17-11-6-4-3-5-10(11)16(2)12(17)18/h3-7H,8H2,1-2H3. The number of nitrogens with zero attached hydrogens (tertiary/aromatic N) is 5. The summed E-state index contributed by atoms with van der Waals surface area (Å²) in [6, 6.07) is 7.72. The number of hydrogen-bond acceptors (Lipinski definition) is 3. The van der Waals surface area contributed by atoms with Crippen molar-refractivity contribution in [3.8, 4) is 0 Å². The second-order valence-corrected chi connectivity index (χ2v) is 4.30. The average molecular weight is 243 g/mol. The number of fused-ring (bicyclic) bond motifs is 1. The van der Waals surface area contributed by atoms with Crippen molar-refractivity contribution in [3.63, 3.8) is 0 Å². The Kier molecular flexibility index (Phi) is 2.29. The lowest BCUT2D eigenvalue weighted by atomic mass is 10.3. The van der Waals surface area contributed by atoms with Crippen LogP contribution in [0.25, 0.3) is 11.0 Å². The summed E-state index contributed by atoms with van der Waals surface area (Å²) in [5, 5.41) is 7.89. The van der Waals surface area contributed by atoms with E-state index in [1.165, 1.54) is 0 Å². The summed E-state index contributed by atoms with van der Waals surface area (Å²) in [5.74, 6) is 0. The van der Waals surface area contributed by atoms with Crippen LogP contribution in [0, 0.1) is 0 Å². The molecule has 2 aromatic heterocycles. The molecule has 0 N–H and O–H groups in total. The molecule has 0 aliphatic heterocycles. The predicted molar refractivity (Wildman–Crippen MR) is 67.3 cm³/mol. The van der Waals surface area contributed by atoms with Gasteiger partial charge in [0.2, 0.25) is 0 Å². The molecular weight excluding hydrogens is 230 g/mol. The van der Waals surface area contributed by atoms with Crippen molar-refractivity contribution in [2.24, 2.45) is 14.1 Å². The minimum atomic E-state index is -0.0400. The van der Waals surface area contributed by atoms with E-state index in [0.29, 0.717) is 6.54 Å². The first-order valence-corrected chi connectivity index (χ1v) is 5.66. The number of benzene rings is 1. The first-order valence-electron chi connectivity index (χ1n) is 5.66. The predicted octanol–water partition coefficient (Wildman–Crippen LogP) is 0.517. The van der Waals surface area contributed by atoms with Crippen LogP contribution in [0.1, 0.15) is 5.69 Å². The van der Waals surface area contributed by atoms with E-state index < -0.39 is 0 Å². The van der Waals surface area contributed by atoms with Crippen LogP contribution < -0.4 is 5.69 Å². The van der Waals surface area contributed by atoms with E-state index in [1.54, 1.807) is 20.9 Å². The monoisotopic (exact) mass is 243 g/mol. The molecule has 0 aliphatic carbocycles. The van der Waals surface area contributed by atoms with Gasteiger partial charge in [-0.15, -0.1) is 5.10 Å². The van der Waals surface area contributed by atoms with Crippen LogP contribution in [0.15, 0.2) is 35.3 Å². The van der Waals surface area contributed by atoms with E-state index in [0.717, 1.165) is 16.7 Å². The maximum absolute atomic E-state index is 12.2. The molecule has 0 atom stereocenters. The van der Waals surface area contributed by atoms with Gasteiger partial charge in [-0.1, -0.05) is 17.3 Å². The van der Waals surface area contributed by atoms with Crippen LogP contribution in [0.2, 0.25) is 0 Å². The third-order valence-electron chi connectivity index (χ3n) is 3.02. The number of imidazole rings is 1. The lowest BCUT2D eigenvalue weighted by molar-refractivity contribution is 0.702. The van der Waals surface area contributed by atoms with Gasteiger partial charge in [-0.2, -0.15) is 0 Å². The molecule has 6 nitrogen and oxygen atoms in total. The summed E-state index contributed by atoms with van der Waals surface area (Å²) in [6.07, 6.45) is 1.81. The lowest BCUT2D eigenvalue weighted by Gasteiger charge is -1.98. The Labute approximate surface area is 103 Å². The fourth-order valence-corrected chi connectivity index (χ4v) is 2.15. The van der Waals surface area contributed by atoms with Gasteiger partial charge >= 0.3 is 5.69 Å². The van der Waals surface area contributed by atoms with Crippen molar-refractivity contribution >= 4 is 11.0 Å². The fourth-order valence-electron chi connectivity index (χ4n) is 2.15. The molecule has 1 aromatic carbocycles. The van der Waals surface area contributed by atoms with E-state index >= 15 is 0 Å². The van der Waals surface area contributed by atoms with Crippen molar-refractivity contribution in [3.05, 3.63) is 46.6 Å². The van der Waals surface area contributed by atoms with Crippen molar-refractivity contribution in [1.29, 1.82) is 0 Å². The van der Waals surface area contributed by atoms with Gasteiger partial charge in [-0.05, 0) is 12.1 Å². The molecule has 0 saturated carbocycles. The molecule has 0 bridgehead atoms. The molecule has 0 fully saturated rings. The van der Waals surface area contributed by atoms with Crippen LogP contribution in [0.4, 0.5) is 0 Å². The lowest BCUT2D eigenvalue weighted by Crippen LogP contribution is -2.22. The number of rotatable bonds is 2. The molecule has 2 heterocycles. The van der Waals surface area contributed by atoms with Crippen LogP contribution in [-0.2, 0) is 20.6 Å². The van der Waals surface area contributed by atoms with Crippen LogP contribution >= 0.6 is 0 Å². The number of hydrogen-bond donors (Lipinski definition) is 0. The molecule has 0 spiro atoms. The highest BCUT2D eigenvalue weighted by Gasteiger charge is 2.11. The summed E-state index contributed by atoms with van der Waals surface area (Å²) < 4.78 is 4.98. The Balaban J connectivity index is 2.17. The third-order valence-corrected chi connectivity index (χ3v) is 3.02. The van der Waals surface area contributed by atoms with Gasteiger partial charge in [0.25, 0.3) is 0 Å². The SMILES string of the molecule is Cn1cc(Cn2c(=O)n(C)c3ccccc32)nn1. The Hall–Kier alpha value is -2.37. The van der Waals surface area contributed by atoms with Crippen LogP contribution in [0.5, 0.6) is 0 Å². The highest BCUT2D eigenvalue weighted by atomic mass is 16.1. The topological polar surface area (TPSA) is 57.6 Å². The van der Waals surface area contributed by atoms with E-state index in [1.807, 2.05) is 37.5 Å². The molecule has 0 saturated heterocycles. The maximum Gasteiger partial charge on any atom is 0.329 e. The fraction of sp³-hybridized carbons (Fsp3) is 0.250. The van der Waals surface area contributed by atoms with E-state index in [-0.39, 0.29) is 5.69 Å². The van der Waals surface area contributed by atoms with Crippen molar-refractivity contribution < 1.29 is 0 Å². The van der Waals surface area contributed by atoms with E-state index in [9.17, 15) is 4.79 Å². The molecule has 3 aromatic rings. The molecule has 0 aliphatic rings. The average Bonchev–Trinajstić information content (AvgIpc) is 2.88. The molecule has 0 amide bonds. The van der Waals surface area contributed by atoms with Crippen LogP contribution in [0.3, 0.4) is 0 Å². The van der Waals surface area contributed by atoms with E-state index in [2.05, 4.69) is 10.3 Å². The second-order valence-electron chi connectivity index (χ2n) is 4.30. The van der Waals surface area contributed by atoms with Gasteiger partial charge in [0.05, 0.1) is 17.6 Å². The summed E-state index contributed by atoms with van der Waals surface area (Å²) >= 11 is 0. The minimum Gasteiger partial charge on any atom is -0.295 e. The Morgan fingerprint density at radius 1 is 1.17 bits per heavy atom. The van der Waals surface area contributed by atoms with Gasteiger partial charge in [0, 0.05) is 20.3 Å². The first kappa shape index (κ1) is 10.8. The number of aromatic nitrogens is 5. The van der Waals surface area contributed by atoms with Gasteiger partial charge < -0.3 is 0 Å². The zero-order valence-corrected chi connectivity index (χ0v) is 10.2. The quantitative estimate of drug-likeness (QED) is 0.659. The van der Waals surface area contributed by atoms with Gasteiger partial charge in [0.1, 0.15) is 5.69 Å². The molecule has 6 heteroatoms. The Morgan fingerprint density at radius 3 is 2.56 bits per heavy atom. The molecular formula is C12H13N5O. The third kappa shape index (κ3) is 1.54. The molecule has 0 radical (unpaired) electrons. The highest BCUT2D eigenvalue weighted by Crippen LogP contribution is 2.12. The van der Waals surface area contributed by atoms with Gasteiger partial charge in [-0.25, -0.2) is 4.79 Å². The zero-order chi connectivity index (χ0) is 12.7. The van der Waals surface area contributed by atoms with Gasteiger partial charge in [-0.3, -0.25) is 13.8 Å². The molecule has 3 rings (SSSR count). The van der Waals surface area contributed by atoms with Gasteiger partial charge in [0.15, 0.2) is 0 Å². The molecule has 92 valence electrons. The zero-order valence-electron chi connectivity index (χ0n) is 10.2. The maximum atomic E-state index is 12.2. The molecule has 18 heavy (non-hydrogen) atoms. The van der Waals surface area contributed by atoms with Crippen LogP contribution in [-0.4, -0.2) is 24.1 Å². The number of para-hydroxylation sites is 2. The van der Waals surface area contributed by atoms with E-state index in [4.69, 9.17) is 0 Å². The number of aryl methyl sites for hydroxylation is 2. The summed E-state index contributed by atoms with van der Waals surface area (Å²) in [6.45, 7) is 0.439. The Morgan fingerprint density at radius 2 is 1.89 bits per heavy atom. The van der Waals surface area contributed by atoms with Crippen molar-refractivity contribution in [2.75, 3.05) is 0 Å². The highest BCUT2D eigenvalue weighted by molar-refractivity contribution is 5.75. The first-order chi connectivity index (χ1) is 8.66. The summed E-state index contributed by atoms with van der Waals surface area (Å²) in [7, 11) is 3.58. The largest absolute Gasteiger partial charge is 0.329 e. The van der Waals surface area contributed by atoms with Crippen molar-refractivity contribution in [1.82, 2.24) is 24.1 Å². The molecule has 0 unspecified atom stereocenters. The Bertz CT molecular complexity index is 764. The summed E-state index contributed by atoms with van der Waals surface area (Å²) in [4.78, 5) is 12.2.